The minimum absolute atomic E-state index is 0.538. The molecule has 1 aromatic rings. The molecule has 4 heteroatoms. The molecule has 1 aliphatic carbocycles. The molecule has 2 unspecified atom stereocenters. The van der Waals surface area contributed by atoms with Crippen molar-refractivity contribution >= 4 is 0 Å². The van der Waals surface area contributed by atoms with E-state index in [-0.39, 0.29) is 0 Å². The first-order valence-electron chi connectivity index (χ1n) is 7.14. The van der Waals surface area contributed by atoms with E-state index in [0.717, 1.165) is 18.0 Å². The van der Waals surface area contributed by atoms with Crippen LogP contribution in [0.4, 0.5) is 0 Å². The van der Waals surface area contributed by atoms with Crippen molar-refractivity contribution < 1.29 is 14.2 Å². The lowest BCUT2D eigenvalue weighted by Gasteiger charge is -2.14. The predicted octanol–water partition coefficient (Wildman–Crippen LogP) is 2.81. The van der Waals surface area contributed by atoms with Crippen LogP contribution in [0.3, 0.4) is 0 Å². The number of benzene rings is 1. The van der Waals surface area contributed by atoms with Gasteiger partial charge in [0.15, 0.2) is 11.5 Å². The van der Waals surface area contributed by atoms with Gasteiger partial charge in [0.05, 0.1) is 21.3 Å². The van der Waals surface area contributed by atoms with E-state index in [1.54, 1.807) is 21.3 Å². The molecule has 2 atom stereocenters. The number of methoxy groups -OCH3 is 3. The Bertz CT molecular complexity index is 434. The molecule has 0 radical (unpaired) electrons. The third-order valence-corrected chi connectivity index (χ3v) is 3.83. The summed E-state index contributed by atoms with van der Waals surface area (Å²) in [7, 11) is 4.95. The first-order valence-corrected chi connectivity index (χ1v) is 7.14. The summed E-state index contributed by atoms with van der Waals surface area (Å²) in [5.41, 5.74) is 1.27. The summed E-state index contributed by atoms with van der Waals surface area (Å²) in [4.78, 5) is 0. The molecule has 0 saturated heterocycles. The summed E-state index contributed by atoms with van der Waals surface area (Å²) in [6, 6.07) is 4.68. The van der Waals surface area contributed by atoms with Crippen molar-refractivity contribution in [3.8, 4) is 17.2 Å². The van der Waals surface area contributed by atoms with E-state index in [1.807, 2.05) is 0 Å². The predicted molar refractivity (Wildman–Crippen MR) is 80.1 cm³/mol. The lowest BCUT2D eigenvalue weighted by Crippen LogP contribution is -2.25. The zero-order valence-electron chi connectivity index (χ0n) is 13.0. The van der Waals surface area contributed by atoms with Gasteiger partial charge in [-0.05, 0) is 42.5 Å². The molecular formula is C16H25NO3. The molecule has 20 heavy (non-hydrogen) atoms. The monoisotopic (exact) mass is 279 g/mol. The second-order valence-corrected chi connectivity index (χ2v) is 5.62. The van der Waals surface area contributed by atoms with Gasteiger partial charge in [-0.1, -0.05) is 13.8 Å². The Morgan fingerprint density at radius 1 is 1.10 bits per heavy atom. The molecule has 1 N–H and O–H groups in total. The number of hydrogen-bond acceptors (Lipinski definition) is 4. The molecule has 4 nitrogen and oxygen atoms in total. The van der Waals surface area contributed by atoms with E-state index in [0.29, 0.717) is 23.6 Å². The lowest BCUT2D eigenvalue weighted by molar-refractivity contribution is 0.323. The van der Waals surface area contributed by atoms with Crippen molar-refractivity contribution in [2.45, 2.75) is 32.2 Å². The first-order chi connectivity index (χ1) is 9.60. The van der Waals surface area contributed by atoms with Crippen molar-refractivity contribution in [1.29, 1.82) is 0 Å². The average molecular weight is 279 g/mol. The van der Waals surface area contributed by atoms with Crippen LogP contribution in [0.5, 0.6) is 17.2 Å². The minimum Gasteiger partial charge on any atom is -0.493 e. The van der Waals surface area contributed by atoms with Gasteiger partial charge in [-0.2, -0.15) is 0 Å². The Hall–Kier alpha value is -1.42. The van der Waals surface area contributed by atoms with Gasteiger partial charge in [-0.3, -0.25) is 0 Å². The Morgan fingerprint density at radius 2 is 1.70 bits per heavy atom. The molecule has 0 amide bonds. The normalized spacial score (nSPS) is 20.9. The fraction of sp³-hybridized carbons (Fsp3) is 0.625. The zero-order valence-corrected chi connectivity index (χ0v) is 13.0. The van der Waals surface area contributed by atoms with Crippen molar-refractivity contribution in [2.24, 2.45) is 5.92 Å². The molecular weight excluding hydrogens is 254 g/mol. The third-order valence-electron chi connectivity index (χ3n) is 3.83. The number of nitrogens with one attached hydrogen (secondary N) is 1. The fourth-order valence-electron chi connectivity index (χ4n) is 2.58. The van der Waals surface area contributed by atoms with Crippen LogP contribution in [0.25, 0.3) is 0 Å². The highest BCUT2D eigenvalue weighted by Crippen LogP contribution is 2.50. The number of ether oxygens (including phenoxy) is 3. The summed E-state index contributed by atoms with van der Waals surface area (Å²) >= 11 is 0. The standard InChI is InChI=1S/C16H25NO3/c1-10(2)17-9-12-6-13(12)11-7-14(18-3)16(20-5)15(8-11)19-4/h7-8,10,12-13,17H,6,9H2,1-5H3. The van der Waals surface area contributed by atoms with Crippen LogP contribution in [0.15, 0.2) is 12.1 Å². The largest absolute Gasteiger partial charge is 0.493 e. The van der Waals surface area contributed by atoms with E-state index in [4.69, 9.17) is 14.2 Å². The highest BCUT2D eigenvalue weighted by molar-refractivity contribution is 5.55. The van der Waals surface area contributed by atoms with Gasteiger partial charge in [-0.15, -0.1) is 0 Å². The van der Waals surface area contributed by atoms with Crippen molar-refractivity contribution in [3.05, 3.63) is 17.7 Å². The van der Waals surface area contributed by atoms with Crippen LogP contribution in [-0.4, -0.2) is 33.9 Å². The van der Waals surface area contributed by atoms with Gasteiger partial charge < -0.3 is 19.5 Å². The Balaban J connectivity index is 2.14. The van der Waals surface area contributed by atoms with Crippen molar-refractivity contribution in [1.82, 2.24) is 5.32 Å². The van der Waals surface area contributed by atoms with Gasteiger partial charge in [0.1, 0.15) is 0 Å². The van der Waals surface area contributed by atoms with Gasteiger partial charge in [0, 0.05) is 6.04 Å². The Labute approximate surface area is 121 Å². The van der Waals surface area contributed by atoms with Crippen LogP contribution in [0.1, 0.15) is 31.7 Å². The summed E-state index contributed by atoms with van der Waals surface area (Å²) in [6.45, 7) is 5.42. The van der Waals surface area contributed by atoms with Gasteiger partial charge >= 0.3 is 0 Å². The molecule has 1 saturated carbocycles. The lowest BCUT2D eigenvalue weighted by atomic mass is 10.1. The van der Waals surface area contributed by atoms with Gasteiger partial charge in [-0.25, -0.2) is 0 Å². The number of hydrogen-bond donors (Lipinski definition) is 1. The molecule has 1 fully saturated rings. The van der Waals surface area contributed by atoms with Gasteiger partial charge in [0.25, 0.3) is 0 Å². The highest BCUT2D eigenvalue weighted by atomic mass is 16.5. The van der Waals surface area contributed by atoms with Crippen molar-refractivity contribution in [2.75, 3.05) is 27.9 Å². The average Bonchev–Trinajstić information content (AvgIpc) is 3.23. The van der Waals surface area contributed by atoms with E-state index in [2.05, 4.69) is 31.3 Å². The van der Waals surface area contributed by atoms with Gasteiger partial charge in [0.2, 0.25) is 5.75 Å². The van der Waals surface area contributed by atoms with E-state index < -0.39 is 0 Å². The SMILES string of the molecule is COc1cc(C2CC2CNC(C)C)cc(OC)c1OC. The van der Waals surface area contributed by atoms with E-state index in [9.17, 15) is 0 Å². The summed E-state index contributed by atoms with van der Waals surface area (Å²) in [5, 5.41) is 3.50. The molecule has 1 aromatic carbocycles. The molecule has 0 spiro atoms. The molecule has 0 aliphatic heterocycles. The van der Waals surface area contributed by atoms with Crippen LogP contribution < -0.4 is 19.5 Å². The summed E-state index contributed by atoms with van der Waals surface area (Å²) in [5.74, 6) is 3.44. The molecule has 0 bridgehead atoms. The van der Waals surface area contributed by atoms with E-state index in [1.165, 1.54) is 12.0 Å². The maximum Gasteiger partial charge on any atom is 0.203 e. The van der Waals surface area contributed by atoms with Crippen LogP contribution in [-0.2, 0) is 0 Å². The third kappa shape index (κ3) is 3.18. The smallest absolute Gasteiger partial charge is 0.203 e. The quantitative estimate of drug-likeness (QED) is 0.833. The first kappa shape index (κ1) is 15.0. The topological polar surface area (TPSA) is 39.7 Å². The van der Waals surface area contributed by atoms with Crippen LogP contribution >= 0.6 is 0 Å². The fourth-order valence-corrected chi connectivity index (χ4v) is 2.58. The second kappa shape index (κ2) is 6.35. The summed E-state index contributed by atoms with van der Waals surface area (Å²) in [6.07, 6.45) is 1.22. The molecule has 0 aromatic heterocycles. The Kier molecular flexibility index (Phi) is 4.76. The molecule has 2 rings (SSSR count). The molecule has 1 aliphatic rings. The second-order valence-electron chi connectivity index (χ2n) is 5.62. The van der Waals surface area contributed by atoms with E-state index >= 15 is 0 Å². The highest BCUT2D eigenvalue weighted by Gasteiger charge is 2.38. The maximum atomic E-state index is 5.41. The van der Waals surface area contributed by atoms with Crippen LogP contribution in [0, 0.1) is 5.92 Å². The molecule has 0 heterocycles. The minimum atomic E-state index is 0.538. The number of rotatable bonds is 7. The van der Waals surface area contributed by atoms with Crippen molar-refractivity contribution in [3.63, 3.8) is 0 Å². The zero-order chi connectivity index (χ0) is 14.7. The maximum absolute atomic E-state index is 5.41. The molecule has 112 valence electrons. The summed E-state index contributed by atoms with van der Waals surface area (Å²) < 4.78 is 16.2. The Morgan fingerprint density at radius 3 is 2.15 bits per heavy atom. The van der Waals surface area contributed by atoms with Crippen LogP contribution in [0.2, 0.25) is 0 Å².